The minimum atomic E-state index is -4.11. The van der Waals surface area contributed by atoms with Crippen LogP contribution in [0.3, 0.4) is 0 Å². The number of para-hydroxylation sites is 2. The van der Waals surface area contributed by atoms with Crippen LogP contribution in [0.2, 0.25) is 0 Å². The van der Waals surface area contributed by atoms with Gasteiger partial charge in [-0.15, -0.1) is 6.58 Å². The zero-order chi connectivity index (χ0) is 28.8. The van der Waals surface area contributed by atoms with E-state index in [2.05, 4.69) is 52.0 Å². The standard InChI is InChI=1S/C29H31N5O5S/c1-6-7-19-38-28-24(39-23-12-9-8-11-22(23)37-5)25(32-27(33-28)26-30-17-10-18-31-26)34-40(35,36)21-15-13-20(14-16-21)29(2,3)4/h6,8-18H,1,7,19H2,2-5H3,(H,32,33,34). The number of ether oxygens (including phenoxy) is 3. The molecule has 0 saturated heterocycles. The SMILES string of the molecule is C=CCCOc1nc(-c2ncccn2)nc(NS(=O)(=O)c2ccc(C(C)(C)C)cc2)c1Oc1ccccc1OC. The van der Waals surface area contributed by atoms with Gasteiger partial charge in [0, 0.05) is 12.4 Å². The van der Waals surface area contributed by atoms with Crippen LogP contribution in [0, 0.1) is 0 Å². The summed E-state index contributed by atoms with van der Waals surface area (Å²) in [6.45, 7) is 10.1. The molecule has 0 amide bonds. The third kappa shape index (κ3) is 6.73. The molecular formula is C29H31N5O5S. The van der Waals surface area contributed by atoms with Gasteiger partial charge in [-0.1, -0.05) is 51.1 Å². The molecule has 0 aliphatic rings. The summed E-state index contributed by atoms with van der Waals surface area (Å²) in [6, 6.07) is 15.2. The molecule has 11 heteroatoms. The fraction of sp³-hybridized carbons (Fsp3) is 0.241. The Bertz CT molecular complexity index is 1570. The first-order valence-electron chi connectivity index (χ1n) is 12.5. The molecule has 40 heavy (non-hydrogen) atoms. The highest BCUT2D eigenvalue weighted by Gasteiger charge is 2.26. The van der Waals surface area contributed by atoms with Crippen LogP contribution in [-0.2, 0) is 15.4 Å². The zero-order valence-corrected chi connectivity index (χ0v) is 23.6. The van der Waals surface area contributed by atoms with Crippen molar-refractivity contribution in [2.24, 2.45) is 0 Å². The molecule has 0 fully saturated rings. The summed E-state index contributed by atoms with van der Waals surface area (Å²) < 4.78 is 47.2. The number of nitrogens with one attached hydrogen (secondary N) is 1. The van der Waals surface area contributed by atoms with Gasteiger partial charge in [-0.05, 0) is 47.7 Å². The maximum atomic E-state index is 13.6. The fourth-order valence-corrected chi connectivity index (χ4v) is 4.58. The molecule has 2 aromatic heterocycles. The van der Waals surface area contributed by atoms with Crippen molar-refractivity contribution in [2.45, 2.75) is 37.5 Å². The molecule has 0 aliphatic carbocycles. The van der Waals surface area contributed by atoms with Crippen LogP contribution in [0.4, 0.5) is 5.82 Å². The number of methoxy groups -OCH3 is 1. The van der Waals surface area contributed by atoms with Gasteiger partial charge in [0.2, 0.25) is 11.6 Å². The minimum Gasteiger partial charge on any atom is -0.493 e. The van der Waals surface area contributed by atoms with Gasteiger partial charge in [0.05, 0.1) is 18.6 Å². The quantitative estimate of drug-likeness (QED) is 0.179. The predicted molar refractivity (Wildman–Crippen MR) is 152 cm³/mol. The number of aromatic nitrogens is 4. The minimum absolute atomic E-state index is 0.00834. The van der Waals surface area contributed by atoms with Crippen LogP contribution in [0.25, 0.3) is 11.6 Å². The summed E-state index contributed by atoms with van der Waals surface area (Å²) in [7, 11) is -2.61. The van der Waals surface area contributed by atoms with E-state index in [0.29, 0.717) is 17.9 Å². The van der Waals surface area contributed by atoms with Gasteiger partial charge in [-0.3, -0.25) is 4.72 Å². The number of rotatable bonds is 11. The Morgan fingerprint density at radius 1 is 0.925 bits per heavy atom. The molecule has 0 aliphatic heterocycles. The highest BCUT2D eigenvalue weighted by Crippen LogP contribution is 2.41. The topological polar surface area (TPSA) is 125 Å². The maximum Gasteiger partial charge on any atom is 0.263 e. The van der Waals surface area contributed by atoms with Crippen molar-refractivity contribution >= 4 is 15.8 Å². The summed E-state index contributed by atoms with van der Waals surface area (Å²) in [4.78, 5) is 17.4. The molecule has 2 heterocycles. The second kappa shape index (κ2) is 12.1. The first kappa shape index (κ1) is 28.5. The van der Waals surface area contributed by atoms with Crippen LogP contribution in [0.15, 0.2) is 84.5 Å². The first-order chi connectivity index (χ1) is 19.1. The Hall–Kier alpha value is -4.51. The average molecular weight is 562 g/mol. The Morgan fingerprint density at radius 3 is 2.23 bits per heavy atom. The van der Waals surface area contributed by atoms with Crippen LogP contribution in [-0.4, -0.2) is 42.1 Å². The molecule has 0 unspecified atom stereocenters. The lowest BCUT2D eigenvalue weighted by atomic mass is 9.87. The summed E-state index contributed by atoms with van der Waals surface area (Å²) in [5.74, 6) is 0.727. The molecule has 0 saturated carbocycles. The second-order valence-corrected chi connectivity index (χ2v) is 11.3. The van der Waals surface area contributed by atoms with Crippen LogP contribution in [0.5, 0.6) is 23.1 Å². The summed E-state index contributed by atoms with van der Waals surface area (Å²) >= 11 is 0. The Morgan fingerprint density at radius 2 is 1.60 bits per heavy atom. The van der Waals surface area contributed by atoms with E-state index in [1.807, 2.05) is 0 Å². The van der Waals surface area contributed by atoms with E-state index in [-0.39, 0.29) is 46.0 Å². The molecule has 4 rings (SSSR count). The highest BCUT2D eigenvalue weighted by molar-refractivity contribution is 7.92. The van der Waals surface area contributed by atoms with Gasteiger partial charge in [0.15, 0.2) is 23.1 Å². The van der Waals surface area contributed by atoms with Crippen molar-refractivity contribution in [1.82, 2.24) is 19.9 Å². The number of nitrogens with zero attached hydrogens (tertiary/aromatic N) is 4. The number of hydrogen-bond acceptors (Lipinski definition) is 9. The van der Waals surface area contributed by atoms with E-state index in [1.165, 1.54) is 19.5 Å². The highest BCUT2D eigenvalue weighted by atomic mass is 32.2. The molecule has 10 nitrogen and oxygen atoms in total. The summed E-state index contributed by atoms with van der Waals surface area (Å²) in [5, 5.41) is 0. The van der Waals surface area contributed by atoms with Gasteiger partial charge < -0.3 is 14.2 Å². The summed E-state index contributed by atoms with van der Waals surface area (Å²) in [6.07, 6.45) is 5.26. The lowest BCUT2D eigenvalue weighted by Crippen LogP contribution is -2.17. The maximum absolute atomic E-state index is 13.6. The van der Waals surface area contributed by atoms with E-state index in [9.17, 15) is 8.42 Å². The van der Waals surface area contributed by atoms with Crippen LogP contribution < -0.4 is 18.9 Å². The first-order valence-corrected chi connectivity index (χ1v) is 14.0. The van der Waals surface area contributed by atoms with Crippen LogP contribution >= 0.6 is 0 Å². The molecule has 208 valence electrons. The summed E-state index contributed by atoms with van der Waals surface area (Å²) in [5.41, 5.74) is 0.857. The zero-order valence-electron chi connectivity index (χ0n) is 22.8. The van der Waals surface area contributed by atoms with Crippen molar-refractivity contribution in [3.8, 4) is 34.8 Å². The second-order valence-electron chi connectivity index (χ2n) is 9.66. The van der Waals surface area contributed by atoms with Crippen molar-refractivity contribution in [2.75, 3.05) is 18.4 Å². The number of anilines is 1. The Balaban J connectivity index is 1.85. The normalized spacial score (nSPS) is 11.5. The van der Waals surface area contributed by atoms with E-state index in [1.54, 1.807) is 60.7 Å². The van der Waals surface area contributed by atoms with Crippen molar-refractivity contribution < 1.29 is 22.6 Å². The lowest BCUT2D eigenvalue weighted by molar-refractivity contribution is 0.293. The molecule has 0 radical (unpaired) electrons. The molecular weight excluding hydrogens is 530 g/mol. The van der Waals surface area contributed by atoms with Gasteiger partial charge in [0.25, 0.3) is 15.9 Å². The molecule has 0 atom stereocenters. The molecule has 0 bridgehead atoms. The number of sulfonamides is 1. The molecule has 4 aromatic rings. The Kier molecular flexibility index (Phi) is 8.64. The smallest absolute Gasteiger partial charge is 0.263 e. The number of hydrogen-bond donors (Lipinski definition) is 1. The van der Waals surface area contributed by atoms with Crippen LogP contribution in [0.1, 0.15) is 32.8 Å². The predicted octanol–water partition coefficient (Wildman–Crippen LogP) is 5.79. The van der Waals surface area contributed by atoms with E-state index in [4.69, 9.17) is 14.2 Å². The number of benzene rings is 2. The largest absolute Gasteiger partial charge is 0.493 e. The third-order valence-corrected chi connectivity index (χ3v) is 7.06. The Labute approximate surface area is 234 Å². The fourth-order valence-electron chi connectivity index (χ4n) is 3.58. The van der Waals surface area contributed by atoms with Gasteiger partial charge in [-0.25, -0.2) is 23.4 Å². The van der Waals surface area contributed by atoms with E-state index < -0.39 is 10.0 Å². The molecule has 0 spiro atoms. The van der Waals surface area contributed by atoms with E-state index >= 15 is 0 Å². The van der Waals surface area contributed by atoms with Crippen molar-refractivity contribution in [3.63, 3.8) is 0 Å². The van der Waals surface area contributed by atoms with Crippen molar-refractivity contribution in [1.29, 1.82) is 0 Å². The molecule has 2 aromatic carbocycles. The lowest BCUT2D eigenvalue weighted by Gasteiger charge is -2.20. The van der Waals surface area contributed by atoms with E-state index in [0.717, 1.165) is 5.56 Å². The van der Waals surface area contributed by atoms with Gasteiger partial charge in [-0.2, -0.15) is 4.98 Å². The monoisotopic (exact) mass is 561 g/mol. The average Bonchev–Trinajstić information content (AvgIpc) is 2.94. The van der Waals surface area contributed by atoms with Gasteiger partial charge in [0.1, 0.15) is 0 Å². The van der Waals surface area contributed by atoms with Crippen molar-refractivity contribution in [3.05, 3.63) is 85.2 Å². The van der Waals surface area contributed by atoms with Gasteiger partial charge >= 0.3 is 0 Å². The third-order valence-electron chi connectivity index (χ3n) is 5.70. The molecule has 1 N–H and O–H groups in total.